The summed E-state index contributed by atoms with van der Waals surface area (Å²) in [5.41, 5.74) is 0.125. The maximum Gasteiger partial charge on any atom is 0.258 e. The number of sulfonamides is 1. The number of aromatic amines is 1. The van der Waals surface area contributed by atoms with E-state index in [4.69, 9.17) is 0 Å². The molecule has 0 atom stereocenters. The van der Waals surface area contributed by atoms with E-state index in [2.05, 4.69) is 9.97 Å². The van der Waals surface area contributed by atoms with Crippen molar-refractivity contribution in [3.8, 4) is 0 Å². The van der Waals surface area contributed by atoms with Crippen molar-refractivity contribution in [1.82, 2.24) is 14.3 Å². The van der Waals surface area contributed by atoms with Gasteiger partial charge in [0.05, 0.1) is 17.4 Å². The van der Waals surface area contributed by atoms with Crippen LogP contribution in [0.15, 0.2) is 58.2 Å². The summed E-state index contributed by atoms with van der Waals surface area (Å²) >= 11 is 0. The van der Waals surface area contributed by atoms with Gasteiger partial charge in [-0.3, -0.25) is 4.79 Å². The average Bonchev–Trinajstić information content (AvgIpc) is 2.60. The maximum absolute atomic E-state index is 13.9. The summed E-state index contributed by atoms with van der Waals surface area (Å²) in [5, 5.41) is 0.422. The van der Waals surface area contributed by atoms with Crippen molar-refractivity contribution in [3.05, 3.63) is 70.5 Å². The average molecular weight is 361 g/mol. The van der Waals surface area contributed by atoms with E-state index in [9.17, 15) is 17.6 Å². The van der Waals surface area contributed by atoms with Gasteiger partial charge in [-0.25, -0.2) is 17.8 Å². The fourth-order valence-corrected chi connectivity index (χ4v) is 4.01. The van der Waals surface area contributed by atoms with Gasteiger partial charge < -0.3 is 4.98 Å². The summed E-state index contributed by atoms with van der Waals surface area (Å²) < 4.78 is 40.4. The zero-order valence-electron chi connectivity index (χ0n) is 13.4. The fraction of sp³-hybridized carbons (Fsp3) is 0.176. The lowest BCUT2D eigenvalue weighted by molar-refractivity contribution is 0.410. The summed E-state index contributed by atoms with van der Waals surface area (Å²) in [6.45, 7) is 1.58. The van der Waals surface area contributed by atoms with Crippen molar-refractivity contribution in [3.63, 3.8) is 0 Å². The molecule has 0 saturated heterocycles. The Morgan fingerprint density at radius 1 is 1.12 bits per heavy atom. The molecule has 25 heavy (non-hydrogen) atoms. The normalized spacial score (nSPS) is 12.0. The van der Waals surface area contributed by atoms with Crippen molar-refractivity contribution < 1.29 is 12.8 Å². The van der Waals surface area contributed by atoms with Gasteiger partial charge in [0.25, 0.3) is 5.56 Å². The van der Waals surface area contributed by atoms with Gasteiger partial charge in [-0.15, -0.1) is 0 Å². The van der Waals surface area contributed by atoms with E-state index in [0.717, 1.165) is 10.4 Å². The molecule has 1 N–H and O–H groups in total. The number of halogens is 1. The van der Waals surface area contributed by atoms with E-state index in [0.29, 0.717) is 10.9 Å². The van der Waals surface area contributed by atoms with Crippen LogP contribution in [0.4, 0.5) is 4.39 Å². The van der Waals surface area contributed by atoms with E-state index in [1.54, 1.807) is 31.2 Å². The van der Waals surface area contributed by atoms with Crippen LogP contribution in [0, 0.1) is 5.82 Å². The third-order valence-corrected chi connectivity index (χ3v) is 5.75. The highest BCUT2D eigenvalue weighted by Crippen LogP contribution is 2.20. The number of rotatable bonds is 5. The van der Waals surface area contributed by atoms with Crippen molar-refractivity contribution in [1.29, 1.82) is 0 Å². The van der Waals surface area contributed by atoms with Crippen molar-refractivity contribution in [2.24, 2.45) is 0 Å². The predicted octanol–water partition coefficient (Wildman–Crippen LogP) is 2.27. The molecule has 0 aliphatic rings. The monoisotopic (exact) mass is 361 g/mol. The second-order valence-electron chi connectivity index (χ2n) is 5.39. The van der Waals surface area contributed by atoms with Crippen LogP contribution in [0.5, 0.6) is 0 Å². The molecular formula is C17H16FN3O3S. The lowest BCUT2D eigenvalue weighted by atomic mass is 10.2. The van der Waals surface area contributed by atoms with Crippen LogP contribution in [0.3, 0.4) is 0 Å². The number of fused-ring (bicyclic) bond motifs is 1. The summed E-state index contributed by atoms with van der Waals surface area (Å²) in [6, 6.07) is 12.0. The Kier molecular flexibility index (Phi) is 4.65. The van der Waals surface area contributed by atoms with Crippen LogP contribution in [0.2, 0.25) is 0 Å². The minimum absolute atomic E-state index is 0.104. The Morgan fingerprint density at radius 3 is 2.52 bits per heavy atom. The molecule has 1 aromatic heterocycles. The SMILES string of the molecule is CCN(Cc1nc2ccccc2c(=O)[nH]1)S(=O)(=O)c1ccccc1F. The molecule has 0 bridgehead atoms. The van der Waals surface area contributed by atoms with Crippen LogP contribution in [0.1, 0.15) is 12.7 Å². The second-order valence-corrected chi connectivity index (χ2v) is 7.30. The Morgan fingerprint density at radius 2 is 1.80 bits per heavy atom. The molecule has 1 heterocycles. The molecule has 0 amide bonds. The molecule has 0 spiro atoms. The Bertz CT molecular complexity index is 1080. The quantitative estimate of drug-likeness (QED) is 0.756. The van der Waals surface area contributed by atoms with Crippen LogP contribution in [-0.4, -0.2) is 29.2 Å². The van der Waals surface area contributed by atoms with Crippen LogP contribution >= 0.6 is 0 Å². The van der Waals surface area contributed by atoms with Crippen LogP contribution < -0.4 is 5.56 Å². The number of nitrogens with zero attached hydrogens (tertiary/aromatic N) is 2. The lowest BCUT2D eigenvalue weighted by Crippen LogP contribution is -2.32. The number of aromatic nitrogens is 2. The van der Waals surface area contributed by atoms with Crippen LogP contribution in [0.25, 0.3) is 10.9 Å². The van der Waals surface area contributed by atoms with E-state index < -0.39 is 20.7 Å². The molecule has 2 aromatic carbocycles. The van der Waals surface area contributed by atoms with Gasteiger partial charge in [-0.1, -0.05) is 31.2 Å². The highest BCUT2D eigenvalue weighted by atomic mass is 32.2. The number of H-pyrrole nitrogens is 1. The number of para-hydroxylation sites is 1. The molecule has 130 valence electrons. The molecular weight excluding hydrogens is 345 g/mol. The molecule has 0 fully saturated rings. The van der Waals surface area contributed by atoms with E-state index >= 15 is 0 Å². The third-order valence-electron chi connectivity index (χ3n) is 3.80. The van der Waals surface area contributed by atoms with Crippen molar-refractivity contribution in [2.75, 3.05) is 6.54 Å². The molecule has 0 saturated carbocycles. The molecule has 3 aromatic rings. The molecule has 0 unspecified atom stereocenters. The largest absolute Gasteiger partial charge is 0.309 e. The number of benzene rings is 2. The molecule has 0 radical (unpaired) electrons. The highest BCUT2D eigenvalue weighted by Gasteiger charge is 2.26. The Labute approximate surface area is 144 Å². The van der Waals surface area contributed by atoms with Gasteiger partial charge in [0.1, 0.15) is 16.5 Å². The summed E-state index contributed by atoms with van der Waals surface area (Å²) in [4.78, 5) is 18.6. The summed E-state index contributed by atoms with van der Waals surface area (Å²) in [6.07, 6.45) is 0. The van der Waals surface area contributed by atoms with Gasteiger partial charge in [0.2, 0.25) is 10.0 Å². The second kappa shape index (κ2) is 6.73. The van der Waals surface area contributed by atoms with Gasteiger partial charge >= 0.3 is 0 Å². The third kappa shape index (κ3) is 3.31. The standard InChI is InChI=1S/C17H16FN3O3S/c1-2-21(25(23,24)15-10-6-4-8-13(15)18)11-16-19-14-9-5-3-7-12(14)17(22)20-16/h3-10H,2,11H2,1H3,(H,19,20,22). The smallest absolute Gasteiger partial charge is 0.258 e. The summed E-state index contributed by atoms with van der Waals surface area (Å²) in [7, 11) is -4.05. The Hall–Kier alpha value is -2.58. The maximum atomic E-state index is 13.9. The summed E-state index contributed by atoms with van der Waals surface area (Å²) in [5.74, 6) is -0.619. The zero-order valence-corrected chi connectivity index (χ0v) is 14.3. The number of nitrogens with one attached hydrogen (secondary N) is 1. The minimum atomic E-state index is -4.05. The molecule has 0 aliphatic heterocycles. The van der Waals surface area contributed by atoms with E-state index in [1.807, 2.05) is 0 Å². The highest BCUT2D eigenvalue weighted by molar-refractivity contribution is 7.89. The first-order valence-corrected chi connectivity index (χ1v) is 9.10. The predicted molar refractivity (Wildman–Crippen MR) is 92.0 cm³/mol. The number of hydrogen-bond acceptors (Lipinski definition) is 4. The van der Waals surface area contributed by atoms with Gasteiger partial charge in [-0.05, 0) is 24.3 Å². The van der Waals surface area contributed by atoms with Crippen molar-refractivity contribution >= 4 is 20.9 Å². The van der Waals surface area contributed by atoms with E-state index in [1.165, 1.54) is 18.2 Å². The van der Waals surface area contributed by atoms with Crippen LogP contribution in [-0.2, 0) is 16.6 Å². The molecule has 8 heteroatoms. The first-order valence-electron chi connectivity index (χ1n) is 7.66. The molecule has 6 nitrogen and oxygen atoms in total. The van der Waals surface area contributed by atoms with E-state index in [-0.39, 0.29) is 24.5 Å². The number of hydrogen-bond donors (Lipinski definition) is 1. The molecule has 3 rings (SSSR count). The fourth-order valence-electron chi connectivity index (χ4n) is 2.54. The Balaban J connectivity index is 2.00. The van der Waals surface area contributed by atoms with Gasteiger partial charge in [-0.2, -0.15) is 4.31 Å². The van der Waals surface area contributed by atoms with Crippen molar-refractivity contribution in [2.45, 2.75) is 18.4 Å². The lowest BCUT2D eigenvalue weighted by Gasteiger charge is -2.20. The minimum Gasteiger partial charge on any atom is -0.309 e. The van der Waals surface area contributed by atoms with Gasteiger partial charge in [0, 0.05) is 6.54 Å². The zero-order chi connectivity index (χ0) is 18.0. The molecule has 0 aliphatic carbocycles. The first kappa shape index (κ1) is 17.2. The first-order chi connectivity index (χ1) is 11.9. The topological polar surface area (TPSA) is 83.1 Å². The van der Waals surface area contributed by atoms with Gasteiger partial charge in [0.15, 0.2) is 0 Å².